The topological polar surface area (TPSA) is 12.9 Å². The monoisotopic (exact) mass is 383 g/mol. The number of rotatable bonds is 11. The second kappa shape index (κ2) is 13.9. The fraction of sp³-hybridized carbons (Fsp3) is 0.722. The number of hydrogen-bond donors (Lipinski definition) is 0. The van der Waals surface area contributed by atoms with Crippen molar-refractivity contribution in [3.63, 3.8) is 0 Å². The predicted octanol–water partition coefficient (Wildman–Crippen LogP) is 5.19. The van der Waals surface area contributed by atoms with Crippen LogP contribution in [0.4, 0.5) is 0 Å². The summed E-state index contributed by atoms with van der Waals surface area (Å²) >= 11 is 0. The van der Waals surface area contributed by atoms with Gasteiger partial charge in [0.25, 0.3) is 0 Å². The van der Waals surface area contributed by atoms with Crippen molar-refractivity contribution >= 4 is 23.9 Å². The van der Waals surface area contributed by atoms with Gasteiger partial charge in [0.1, 0.15) is 0 Å². The molecule has 0 saturated heterocycles. The van der Waals surface area contributed by atoms with Crippen LogP contribution in [0.25, 0.3) is 0 Å². The summed E-state index contributed by atoms with van der Waals surface area (Å²) in [6.07, 6.45) is 15.5. The molecule has 0 fully saturated rings. The zero-order chi connectivity index (χ0) is 13.8. The van der Waals surface area contributed by atoms with Crippen LogP contribution < -0.4 is 0 Å². The van der Waals surface area contributed by atoms with Crippen LogP contribution in [0.1, 0.15) is 89.7 Å². The number of pyridine rings is 1. The van der Waals surface area contributed by atoms with Crippen LogP contribution in [0.2, 0.25) is 0 Å². The molecule has 0 aliphatic rings. The van der Waals surface area contributed by atoms with E-state index in [4.69, 9.17) is 0 Å². The first-order valence-electron chi connectivity index (χ1n) is 8.29. The van der Waals surface area contributed by atoms with Gasteiger partial charge in [0.15, 0.2) is 0 Å². The molecule has 1 rings (SSSR count). The maximum atomic E-state index is 4.56. The first-order valence-corrected chi connectivity index (χ1v) is 8.29. The first-order chi connectivity index (χ1) is 9.38. The second-order valence-electron chi connectivity index (χ2n) is 5.65. The molecular weight excluding hydrogens is 349 g/mol. The number of hydrogen-bond acceptors (Lipinski definition) is 1. The number of aromatic nitrogens is 1. The molecule has 0 N–H and O–H groups in total. The summed E-state index contributed by atoms with van der Waals surface area (Å²) in [5, 5.41) is 0. The Balaban J connectivity index is 0.00000361. The Morgan fingerprint density at radius 1 is 0.850 bits per heavy atom. The quantitative estimate of drug-likeness (QED) is 0.379. The van der Waals surface area contributed by atoms with Crippen LogP contribution in [-0.4, -0.2) is 28.9 Å². The van der Waals surface area contributed by atoms with Crippen molar-refractivity contribution in [2.45, 2.75) is 84.0 Å². The van der Waals surface area contributed by atoms with Crippen molar-refractivity contribution < 1.29 is 0 Å². The Kier molecular flexibility index (Phi) is 13.9. The molecule has 1 unspecified atom stereocenters. The Labute approximate surface area is 142 Å². The molecule has 0 amide bonds. The van der Waals surface area contributed by atoms with Crippen molar-refractivity contribution in [1.82, 2.24) is 4.98 Å². The second-order valence-corrected chi connectivity index (χ2v) is 5.65. The van der Waals surface area contributed by atoms with E-state index in [1.54, 1.807) is 0 Å². The summed E-state index contributed by atoms with van der Waals surface area (Å²) in [5.41, 5.74) is 1.31. The molecule has 0 saturated carbocycles. The molecule has 1 heterocycles. The van der Waals surface area contributed by atoms with E-state index < -0.39 is 0 Å². The summed E-state index contributed by atoms with van der Waals surface area (Å²) < 4.78 is 0. The molecule has 1 aromatic heterocycles. The molecule has 0 bridgehead atoms. The summed E-state index contributed by atoms with van der Waals surface area (Å²) in [5.74, 6) is 0.687. The van der Waals surface area contributed by atoms with Gasteiger partial charge in [-0.25, -0.2) is 0 Å². The summed E-state index contributed by atoms with van der Waals surface area (Å²) in [6, 6.07) is 6.35. The van der Waals surface area contributed by atoms with Gasteiger partial charge >= 0.3 is 23.9 Å². The SMILES string of the molecule is CCCCCCCCC(CCCC)c1ccccn1.[SnH2]. The van der Waals surface area contributed by atoms with Gasteiger partial charge in [-0.3, -0.25) is 4.98 Å². The van der Waals surface area contributed by atoms with Gasteiger partial charge in [-0.2, -0.15) is 0 Å². The average Bonchev–Trinajstić information content (AvgIpc) is 2.46. The number of nitrogens with zero attached hydrogens (tertiary/aromatic N) is 1. The van der Waals surface area contributed by atoms with Crippen LogP contribution in [-0.2, 0) is 0 Å². The fourth-order valence-electron chi connectivity index (χ4n) is 2.68. The predicted molar refractivity (Wildman–Crippen MR) is 93.0 cm³/mol. The maximum absolute atomic E-state index is 4.56. The molecular formula is C18H33NSn. The van der Waals surface area contributed by atoms with Crippen LogP contribution in [0.3, 0.4) is 0 Å². The van der Waals surface area contributed by atoms with E-state index >= 15 is 0 Å². The molecule has 2 radical (unpaired) electrons. The van der Waals surface area contributed by atoms with E-state index in [0.717, 1.165) is 0 Å². The Morgan fingerprint density at radius 3 is 2.15 bits per heavy atom. The van der Waals surface area contributed by atoms with Crippen LogP contribution >= 0.6 is 0 Å². The van der Waals surface area contributed by atoms with E-state index in [2.05, 4.69) is 31.0 Å². The van der Waals surface area contributed by atoms with Gasteiger partial charge in [0.2, 0.25) is 0 Å². The normalized spacial score (nSPS) is 11.9. The van der Waals surface area contributed by atoms with Crippen molar-refractivity contribution in [3.05, 3.63) is 30.1 Å². The van der Waals surface area contributed by atoms with Crippen molar-refractivity contribution in [1.29, 1.82) is 0 Å². The van der Waals surface area contributed by atoms with Gasteiger partial charge in [0, 0.05) is 17.8 Å². The summed E-state index contributed by atoms with van der Waals surface area (Å²) in [7, 11) is 0. The third-order valence-electron chi connectivity index (χ3n) is 3.92. The Morgan fingerprint density at radius 2 is 1.50 bits per heavy atom. The molecule has 114 valence electrons. The van der Waals surface area contributed by atoms with Gasteiger partial charge in [-0.1, -0.05) is 71.3 Å². The minimum absolute atomic E-state index is 0. The van der Waals surface area contributed by atoms with E-state index in [1.807, 2.05) is 12.3 Å². The fourth-order valence-corrected chi connectivity index (χ4v) is 2.68. The van der Waals surface area contributed by atoms with E-state index in [0.29, 0.717) is 5.92 Å². The van der Waals surface area contributed by atoms with Gasteiger partial charge in [0.05, 0.1) is 0 Å². The molecule has 1 aromatic rings. The zero-order valence-corrected chi connectivity index (χ0v) is 17.6. The molecule has 1 nitrogen and oxygen atoms in total. The zero-order valence-electron chi connectivity index (χ0n) is 13.6. The third-order valence-corrected chi connectivity index (χ3v) is 3.92. The van der Waals surface area contributed by atoms with Crippen molar-refractivity contribution in [2.75, 3.05) is 0 Å². The van der Waals surface area contributed by atoms with Gasteiger partial charge in [-0.05, 0) is 25.0 Å². The summed E-state index contributed by atoms with van der Waals surface area (Å²) in [6.45, 7) is 4.56. The van der Waals surface area contributed by atoms with Gasteiger partial charge in [-0.15, -0.1) is 0 Å². The van der Waals surface area contributed by atoms with Crippen molar-refractivity contribution in [2.24, 2.45) is 0 Å². The van der Waals surface area contributed by atoms with Crippen LogP contribution in [0, 0.1) is 0 Å². The summed E-state index contributed by atoms with van der Waals surface area (Å²) in [4.78, 5) is 4.56. The third kappa shape index (κ3) is 8.99. The molecule has 0 aliphatic carbocycles. The Bertz CT molecular complexity index is 300. The molecule has 0 aliphatic heterocycles. The first kappa shape index (κ1) is 19.9. The van der Waals surface area contributed by atoms with E-state index in [9.17, 15) is 0 Å². The van der Waals surface area contributed by atoms with E-state index in [-0.39, 0.29) is 23.9 Å². The molecule has 0 spiro atoms. The minimum atomic E-state index is 0. The molecule has 20 heavy (non-hydrogen) atoms. The van der Waals surface area contributed by atoms with E-state index in [1.165, 1.54) is 69.9 Å². The van der Waals surface area contributed by atoms with Crippen molar-refractivity contribution in [3.8, 4) is 0 Å². The molecule has 2 heteroatoms. The molecule has 0 aromatic carbocycles. The Hall–Kier alpha value is -0.0513. The van der Waals surface area contributed by atoms with Gasteiger partial charge < -0.3 is 0 Å². The molecule has 1 atom stereocenters. The number of unbranched alkanes of at least 4 members (excludes halogenated alkanes) is 6. The average molecular weight is 382 g/mol. The van der Waals surface area contributed by atoms with Crippen LogP contribution in [0.5, 0.6) is 0 Å². The standard InChI is InChI=1S/C18H31N.Sn.2H/c1-3-5-7-8-9-10-14-17(13-6-4-2)18-15-11-12-16-19-18;;;/h11-12,15-17H,3-10,13-14H2,1-2H3;;;. The van der Waals surface area contributed by atoms with Crippen LogP contribution in [0.15, 0.2) is 24.4 Å².